The summed E-state index contributed by atoms with van der Waals surface area (Å²) in [6, 6.07) is 0. The first kappa shape index (κ1) is 18.7. The van der Waals surface area contributed by atoms with Crippen LogP contribution >= 0.6 is 0 Å². The molecule has 0 unspecified atom stereocenters. The van der Waals surface area contributed by atoms with E-state index in [1.807, 2.05) is 11.6 Å². The maximum atomic E-state index is 10.8. The highest BCUT2D eigenvalue weighted by molar-refractivity contribution is 6.75. The summed E-state index contributed by atoms with van der Waals surface area (Å²) in [5, 5.41) is 0. The van der Waals surface area contributed by atoms with Crippen LogP contribution in [-0.4, -0.2) is 39.9 Å². The highest BCUT2D eigenvalue weighted by Crippen LogP contribution is 2.05. The summed E-state index contributed by atoms with van der Waals surface area (Å²) >= 11 is 0. The van der Waals surface area contributed by atoms with Crippen LogP contribution in [0.3, 0.4) is 0 Å². The Labute approximate surface area is 108 Å². The summed E-state index contributed by atoms with van der Waals surface area (Å²) in [6.45, 7) is 15.9. The number of carbonyl (C=O) groups is 2. The molecule has 1 N–H and O–H groups in total. The summed E-state index contributed by atoms with van der Waals surface area (Å²) < 4.78 is 1.85. The topological polar surface area (TPSA) is 49.4 Å². The predicted octanol–water partition coefficient (Wildman–Crippen LogP) is 2.26. The van der Waals surface area contributed by atoms with Gasteiger partial charge in [-0.05, 0) is 0 Å². The summed E-state index contributed by atoms with van der Waals surface area (Å²) in [4.78, 5) is 24.0. The summed E-state index contributed by atoms with van der Waals surface area (Å²) in [6.07, 6.45) is 0. The van der Waals surface area contributed by atoms with Crippen molar-refractivity contribution >= 4 is 28.3 Å². The number of amides is 2. The zero-order chi connectivity index (χ0) is 14.4. The standard InChI is InChI=1S/C6H15NOSi.C5H13NOSi/c1-6(8)7(2)9(3,4)5;1-5(7)6-8(2,3)4/h1-5H3;1-4H3,(H,6,7). The van der Waals surface area contributed by atoms with Crippen LogP contribution in [0.25, 0.3) is 0 Å². The van der Waals surface area contributed by atoms with Gasteiger partial charge < -0.3 is 9.55 Å². The molecule has 4 nitrogen and oxygen atoms in total. The van der Waals surface area contributed by atoms with Gasteiger partial charge in [-0.25, -0.2) is 0 Å². The third-order valence-electron chi connectivity index (χ3n) is 2.03. The van der Waals surface area contributed by atoms with E-state index in [2.05, 4.69) is 44.3 Å². The van der Waals surface area contributed by atoms with Crippen LogP contribution in [0.15, 0.2) is 0 Å². The van der Waals surface area contributed by atoms with Crippen molar-refractivity contribution in [2.24, 2.45) is 0 Å². The molecule has 0 heterocycles. The zero-order valence-corrected chi connectivity index (χ0v) is 14.8. The molecule has 102 valence electrons. The number of nitrogens with zero attached hydrogens (tertiary/aromatic N) is 1. The number of rotatable bonds is 2. The van der Waals surface area contributed by atoms with Gasteiger partial charge in [0.15, 0.2) is 8.24 Å². The lowest BCUT2D eigenvalue weighted by Gasteiger charge is -2.28. The Balaban J connectivity index is 0. The smallest absolute Gasteiger partial charge is 0.211 e. The average Bonchev–Trinajstić information content (AvgIpc) is 1.96. The molecule has 0 saturated heterocycles. The second-order valence-electron chi connectivity index (χ2n) is 6.18. The molecule has 0 atom stereocenters. The maximum Gasteiger partial charge on any atom is 0.211 e. The molecule has 0 aliphatic heterocycles. The van der Waals surface area contributed by atoms with Gasteiger partial charge in [0, 0.05) is 20.9 Å². The van der Waals surface area contributed by atoms with E-state index in [-0.39, 0.29) is 11.8 Å². The number of nitrogens with one attached hydrogen (secondary N) is 1. The van der Waals surface area contributed by atoms with Crippen molar-refractivity contribution in [3.63, 3.8) is 0 Å². The molecule has 0 rings (SSSR count). The molecule has 0 aromatic rings. The van der Waals surface area contributed by atoms with Gasteiger partial charge in [-0.3, -0.25) is 9.59 Å². The largest absolute Gasteiger partial charge is 0.383 e. The van der Waals surface area contributed by atoms with E-state index in [1.54, 1.807) is 13.8 Å². The van der Waals surface area contributed by atoms with E-state index >= 15 is 0 Å². The monoisotopic (exact) mass is 276 g/mol. The van der Waals surface area contributed by atoms with Crippen molar-refractivity contribution in [2.75, 3.05) is 7.05 Å². The molecule has 0 fully saturated rings. The first-order valence-corrected chi connectivity index (χ1v) is 12.7. The van der Waals surface area contributed by atoms with Crippen molar-refractivity contribution in [1.29, 1.82) is 0 Å². The Hall–Kier alpha value is -0.626. The summed E-state index contributed by atoms with van der Waals surface area (Å²) in [5.41, 5.74) is 0. The van der Waals surface area contributed by atoms with E-state index in [0.29, 0.717) is 0 Å². The van der Waals surface area contributed by atoms with Gasteiger partial charge in [0.1, 0.15) is 8.24 Å². The quantitative estimate of drug-likeness (QED) is 0.787. The SMILES string of the molecule is CC(=O)N(C)[Si](C)(C)C.CC(=O)N[Si](C)(C)C. The minimum Gasteiger partial charge on any atom is -0.383 e. The summed E-state index contributed by atoms with van der Waals surface area (Å²) in [7, 11) is -0.790. The van der Waals surface area contributed by atoms with E-state index in [1.165, 1.54) is 0 Å². The normalized spacial score (nSPS) is 11.1. The lowest BCUT2D eigenvalue weighted by atomic mass is 10.7. The van der Waals surface area contributed by atoms with Crippen LogP contribution in [0.2, 0.25) is 39.3 Å². The fourth-order valence-corrected chi connectivity index (χ4v) is 3.00. The number of hydrogen-bond acceptors (Lipinski definition) is 2. The van der Waals surface area contributed by atoms with E-state index in [4.69, 9.17) is 0 Å². The number of hydrogen-bond donors (Lipinski definition) is 1. The van der Waals surface area contributed by atoms with Crippen molar-refractivity contribution in [3.8, 4) is 0 Å². The van der Waals surface area contributed by atoms with Gasteiger partial charge in [-0.1, -0.05) is 39.3 Å². The molecule has 17 heavy (non-hydrogen) atoms. The highest BCUT2D eigenvalue weighted by atomic mass is 28.3. The van der Waals surface area contributed by atoms with Gasteiger partial charge in [0.25, 0.3) is 0 Å². The van der Waals surface area contributed by atoms with Gasteiger partial charge in [-0.2, -0.15) is 0 Å². The van der Waals surface area contributed by atoms with Crippen molar-refractivity contribution in [1.82, 2.24) is 9.55 Å². The molecule has 2 amide bonds. The minimum absolute atomic E-state index is 0.0872. The first-order chi connectivity index (χ1) is 7.27. The van der Waals surface area contributed by atoms with Crippen LogP contribution in [-0.2, 0) is 9.59 Å². The third-order valence-corrected chi connectivity index (χ3v) is 5.46. The lowest BCUT2D eigenvalue weighted by Crippen LogP contribution is -2.45. The van der Waals surface area contributed by atoms with Gasteiger partial charge in [-0.15, -0.1) is 0 Å². The predicted molar refractivity (Wildman–Crippen MR) is 79.0 cm³/mol. The fraction of sp³-hybridized carbons (Fsp3) is 0.818. The molecule has 0 aliphatic rings. The Morgan fingerprint density at radius 1 is 0.941 bits per heavy atom. The third kappa shape index (κ3) is 13.3. The molecule has 0 aromatic heterocycles. The van der Waals surface area contributed by atoms with Crippen molar-refractivity contribution in [3.05, 3.63) is 0 Å². The van der Waals surface area contributed by atoms with Gasteiger partial charge in [0.2, 0.25) is 11.8 Å². The van der Waals surface area contributed by atoms with Crippen LogP contribution in [0.5, 0.6) is 0 Å². The molecule has 0 aromatic carbocycles. The molecule has 0 bridgehead atoms. The Bertz CT molecular complexity index is 268. The molecule has 6 heteroatoms. The Morgan fingerprint density at radius 3 is 1.29 bits per heavy atom. The zero-order valence-electron chi connectivity index (χ0n) is 12.8. The summed E-state index contributed by atoms with van der Waals surface area (Å²) in [5.74, 6) is 0.262. The molecule has 0 aliphatic carbocycles. The average molecular weight is 277 g/mol. The van der Waals surface area contributed by atoms with E-state index in [9.17, 15) is 9.59 Å². The maximum absolute atomic E-state index is 10.8. The van der Waals surface area contributed by atoms with E-state index < -0.39 is 16.5 Å². The fourth-order valence-electron chi connectivity index (χ4n) is 1.00. The van der Waals surface area contributed by atoms with Crippen molar-refractivity contribution < 1.29 is 9.59 Å². The Morgan fingerprint density at radius 2 is 1.29 bits per heavy atom. The van der Waals surface area contributed by atoms with Gasteiger partial charge in [0.05, 0.1) is 0 Å². The molecular weight excluding hydrogens is 248 g/mol. The van der Waals surface area contributed by atoms with Crippen LogP contribution in [0.1, 0.15) is 13.8 Å². The number of carbonyl (C=O) groups excluding carboxylic acids is 2. The second-order valence-corrected chi connectivity index (χ2v) is 15.9. The van der Waals surface area contributed by atoms with Crippen LogP contribution in [0.4, 0.5) is 0 Å². The molecule has 0 radical (unpaired) electrons. The molecule has 0 saturated carbocycles. The van der Waals surface area contributed by atoms with Gasteiger partial charge >= 0.3 is 0 Å². The lowest BCUT2D eigenvalue weighted by molar-refractivity contribution is -0.124. The first-order valence-electron chi connectivity index (χ1n) is 5.80. The molecule has 0 spiro atoms. The minimum atomic E-state index is -1.34. The highest BCUT2D eigenvalue weighted by Gasteiger charge is 2.21. The Kier molecular flexibility index (Phi) is 7.66. The van der Waals surface area contributed by atoms with E-state index in [0.717, 1.165) is 0 Å². The molecular formula is C11H28N2O2Si2. The van der Waals surface area contributed by atoms with Crippen LogP contribution < -0.4 is 4.98 Å². The second kappa shape index (κ2) is 6.95. The van der Waals surface area contributed by atoms with Crippen LogP contribution in [0, 0.1) is 0 Å². The van der Waals surface area contributed by atoms with Crippen molar-refractivity contribution in [2.45, 2.75) is 53.1 Å².